The number of aromatic nitrogens is 1. The van der Waals surface area contributed by atoms with E-state index < -0.39 is 11.9 Å². The predicted molar refractivity (Wildman–Crippen MR) is 76.3 cm³/mol. The molecule has 2 rings (SSSR count). The van der Waals surface area contributed by atoms with E-state index in [0.717, 1.165) is 11.8 Å². The van der Waals surface area contributed by atoms with Gasteiger partial charge < -0.3 is 10.6 Å². The maximum absolute atomic E-state index is 12.9. The van der Waals surface area contributed by atoms with E-state index in [1.807, 2.05) is 37.3 Å². The number of nitrogens with two attached hydrogens (primary N) is 1. The van der Waals surface area contributed by atoms with Crippen molar-refractivity contribution in [2.24, 2.45) is 5.73 Å². The average Bonchev–Trinajstić information content (AvgIpc) is 2.48. The summed E-state index contributed by atoms with van der Waals surface area (Å²) in [4.78, 5) is 5.50. The minimum Gasteiger partial charge on any atom is -0.326 e. The molecule has 1 aromatic carbocycles. The predicted octanol–water partition coefficient (Wildman–Crippen LogP) is 3.72. The van der Waals surface area contributed by atoms with E-state index in [4.69, 9.17) is 5.73 Å². The van der Waals surface area contributed by atoms with Crippen molar-refractivity contribution >= 4 is 11.5 Å². The molecule has 0 saturated heterocycles. The molecule has 0 aliphatic rings. The molecule has 21 heavy (non-hydrogen) atoms. The number of alkyl halides is 3. The summed E-state index contributed by atoms with van der Waals surface area (Å²) in [5.41, 5.74) is 6.08. The fourth-order valence-electron chi connectivity index (χ4n) is 2.09. The van der Waals surface area contributed by atoms with Gasteiger partial charge in [-0.25, -0.2) is 4.98 Å². The number of halogens is 3. The van der Waals surface area contributed by atoms with Gasteiger partial charge in [-0.15, -0.1) is 0 Å². The third kappa shape index (κ3) is 3.33. The van der Waals surface area contributed by atoms with E-state index in [1.54, 1.807) is 4.90 Å². The Hall–Kier alpha value is -2.08. The second kappa shape index (κ2) is 6.13. The lowest BCUT2D eigenvalue weighted by Gasteiger charge is -2.25. The third-order valence-electron chi connectivity index (χ3n) is 3.11. The Morgan fingerprint density at radius 1 is 1.10 bits per heavy atom. The monoisotopic (exact) mass is 295 g/mol. The highest BCUT2D eigenvalue weighted by Gasteiger charge is 2.33. The molecule has 0 atom stereocenters. The van der Waals surface area contributed by atoms with Crippen molar-refractivity contribution in [2.75, 3.05) is 11.4 Å². The van der Waals surface area contributed by atoms with Gasteiger partial charge in [-0.3, -0.25) is 0 Å². The zero-order valence-corrected chi connectivity index (χ0v) is 11.6. The molecule has 2 aromatic rings. The molecule has 3 nitrogen and oxygen atoms in total. The summed E-state index contributed by atoms with van der Waals surface area (Å²) in [6, 6.07) is 11.5. The number of benzene rings is 1. The van der Waals surface area contributed by atoms with Crippen LogP contribution in [-0.2, 0) is 12.7 Å². The number of rotatable bonds is 4. The van der Waals surface area contributed by atoms with Gasteiger partial charge >= 0.3 is 6.18 Å². The average molecular weight is 295 g/mol. The lowest BCUT2D eigenvalue weighted by atomic mass is 10.2. The molecular weight excluding hydrogens is 279 g/mol. The SMILES string of the molecule is CCN(c1ccccc1)c1nc(C(F)(F)F)ccc1CN. The molecule has 0 radical (unpaired) electrons. The van der Waals surface area contributed by atoms with Crippen molar-refractivity contribution in [3.8, 4) is 0 Å². The fraction of sp³-hybridized carbons (Fsp3) is 0.267. The molecule has 0 amide bonds. The van der Waals surface area contributed by atoms with Crippen molar-refractivity contribution in [3.05, 3.63) is 53.7 Å². The number of hydrogen-bond donors (Lipinski definition) is 1. The maximum atomic E-state index is 12.9. The summed E-state index contributed by atoms with van der Waals surface area (Å²) in [6.07, 6.45) is -4.47. The molecule has 0 fully saturated rings. The second-order valence-electron chi connectivity index (χ2n) is 4.46. The van der Waals surface area contributed by atoms with Crippen LogP contribution >= 0.6 is 0 Å². The van der Waals surface area contributed by atoms with Crippen LogP contribution in [0.15, 0.2) is 42.5 Å². The van der Waals surface area contributed by atoms with Gasteiger partial charge in [0.15, 0.2) is 0 Å². The van der Waals surface area contributed by atoms with Crippen molar-refractivity contribution in [3.63, 3.8) is 0 Å². The topological polar surface area (TPSA) is 42.2 Å². The Labute approximate surface area is 121 Å². The molecular formula is C15H16F3N3. The van der Waals surface area contributed by atoms with E-state index in [0.29, 0.717) is 12.1 Å². The molecule has 0 unspecified atom stereocenters. The molecule has 1 heterocycles. The zero-order chi connectivity index (χ0) is 15.5. The normalized spacial score (nSPS) is 11.5. The van der Waals surface area contributed by atoms with Gasteiger partial charge in [-0.2, -0.15) is 13.2 Å². The van der Waals surface area contributed by atoms with Crippen LogP contribution < -0.4 is 10.6 Å². The summed E-state index contributed by atoms with van der Waals surface area (Å²) in [6.45, 7) is 2.48. The maximum Gasteiger partial charge on any atom is 0.433 e. The third-order valence-corrected chi connectivity index (χ3v) is 3.11. The quantitative estimate of drug-likeness (QED) is 0.934. The smallest absolute Gasteiger partial charge is 0.326 e. The number of para-hydroxylation sites is 1. The van der Waals surface area contributed by atoms with Crippen LogP contribution in [0.4, 0.5) is 24.7 Å². The summed E-state index contributed by atoms with van der Waals surface area (Å²) in [5.74, 6) is 0.251. The van der Waals surface area contributed by atoms with Crippen LogP contribution in [0, 0.1) is 0 Å². The highest BCUT2D eigenvalue weighted by molar-refractivity contribution is 5.63. The minimum atomic E-state index is -4.47. The van der Waals surface area contributed by atoms with Crippen molar-refractivity contribution < 1.29 is 13.2 Å². The van der Waals surface area contributed by atoms with Crippen LogP contribution in [0.2, 0.25) is 0 Å². The molecule has 0 aliphatic carbocycles. The Balaban J connectivity index is 2.54. The van der Waals surface area contributed by atoms with Crippen LogP contribution in [0.1, 0.15) is 18.2 Å². The first-order valence-electron chi connectivity index (χ1n) is 6.57. The zero-order valence-electron chi connectivity index (χ0n) is 11.6. The lowest BCUT2D eigenvalue weighted by molar-refractivity contribution is -0.141. The lowest BCUT2D eigenvalue weighted by Crippen LogP contribution is -2.22. The molecule has 0 spiro atoms. The molecule has 0 saturated carbocycles. The van der Waals surface area contributed by atoms with Gasteiger partial charge in [0.25, 0.3) is 0 Å². The van der Waals surface area contributed by atoms with E-state index in [9.17, 15) is 13.2 Å². The summed E-state index contributed by atoms with van der Waals surface area (Å²) >= 11 is 0. The minimum absolute atomic E-state index is 0.129. The van der Waals surface area contributed by atoms with Gasteiger partial charge in [0, 0.05) is 24.3 Å². The van der Waals surface area contributed by atoms with Gasteiger partial charge in [0.1, 0.15) is 11.5 Å². The number of pyridine rings is 1. The van der Waals surface area contributed by atoms with Crippen LogP contribution in [0.3, 0.4) is 0 Å². The summed E-state index contributed by atoms with van der Waals surface area (Å²) in [5, 5.41) is 0. The highest BCUT2D eigenvalue weighted by atomic mass is 19.4. The van der Waals surface area contributed by atoms with Gasteiger partial charge in [-0.1, -0.05) is 24.3 Å². The van der Waals surface area contributed by atoms with Gasteiger partial charge in [0.05, 0.1) is 0 Å². The Morgan fingerprint density at radius 3 is 2.29 bits per heavy atom. The molecule has 1 aromatic heterocycles. The van der Waals surface area contributed by atoms with Crippen molar-refractivity contribution in [1.29, 1.82) is 0 Å². The van der Waals surface area contributed by atoms with Crippen LogP contribution in [0.25, 0.3) is 0 Å². The summed E-state index contributed by atoms with van der Waals surface area (Å²) in [7, 11) is 0. The Morgan fingerprint density at radius 2 is 1.76 bits per heavy atom. The highest BCUT2D eigenvalue weighted by Crippen LogP contribution is 2.32. The van der Waals surface area contributed by atoms with E-state index in [1.165, 1.54) is 6.07 Å². The van der Waals surface area contributed by atoms with Crippen LogP contribution in [0.5, 0.6) is 0 Å². The number of hydrogen-bond acceptors (Lipinski definition) is 3. The van der Waals surface area contributed by atoms with Gasteiger partial charge in [0.2, 0.25) is 0 Å². The first kappa shape index (κ1) is 15.3. The van der Waals surface area contributed by atoms with Gasteiger partial charge in [-0.05, 0) is 25.1 Å². The molecule has 112 valence electrons. The number of anilines is 2. The molecule has 6 heteroatoms. The Bertz CT molecular complexity index is 597. The summed E-state index contributed by atoms with van der Waals surface area (Å²) < 4.78 is 38.6. The van der Waals surface area contributed by atoms with Crippen molar-refractivity contribution in [2.45, 2.75) is 19.6 Å². The molecule has 0 aliphatic heterocycles. The first-order valence-corrected chi connectivity index (χ1v) is 6.57. The number of nitrogens with zero attached hydrogens (tertiary/aromatic N) is 2. The second-order valence-corrected chi connectivity index (χ2v) is 4.46. The first-order chi connectivity index (χ1) is 9.97. The van der Waals surface area contributed by atoms with E-state index >= 15 is 0 Å². The largest absolute Gasteiger partial charge is 0.433 e. The fourth-order valence-corrected chi connectivity index (χ4v) is 2.09. The molecule has 2 N–H and O–H groups in total. The standard InChI is InChI=1S/C15H16F3N3/c1-2-21(12-6-4-3-5-7-12)14-11(10-19)8-9-13(20-14)15(16,17)18/h3-9H,2,10,19H2,1H3. The Kier molecular flexibility index (Phi) is 4.47. The van der Waals surface area contributed by atoms with E-state index in [2.05, 4.69) is 4.98 Å². The molecule has 0 bridgehead atoms. The van der Waals surface area contributed by atoms with Crippen molar-refractivity contribution in [1.82, 2.24) is 4.98 Å². The van der Waals surface area contributed by atoms with Crippen LogP contribution in [-0.4, -0.2) is 11.5 Å². The van der Waals surface area contributed by atoms with E-state index in [-0.39, 0.29) is 12.4 Å².